The summed E-state index contributed by atoms with van der Waals surface area (Å²) in [5, 5.41) is 22.4. The number of hydrogen-bond acceptors (Lipinski definition) is 6. The van der Waals surface area contributed by atoms with Crippen LogP contribution in [0, 0.1) is 0 Å². The van der Waals surface area contributed by atoms with Crippen LogP contribution in [0.5, 0.6) is 5.75 Å². The van der Waals surface area contributed by atoms with E-state index in [1.807, 2.05) is 0 Å². The van der Waals surface area contributed by atoms with E-state index in [1.54, 1.807) is 0 Å². The predicted octanol–water partition coefficient (Wildman–Crippen LogP) is -0.828. The van der Waals surface area contributed by atoms with Crippen LogP contribution in [0.1, 0.15) is 0 Å². The second-order valence-electron chi connectivity index (χ2n) is 3.91. The lowest BCUT2D eigenvalue weighted by Crippen LogP contribution is -2.43. The minimum Gasteiger partial charge on any atom is -0.504 e. The second kappa shape index (κ2) is 6.39. The van der Waals surface area contributed by atoms with E-state index in [0.717, 1.165) is 6.07 Å². The largest absolute Gasteiger partial charge is 0.504 e. The van der Waals surface area contributed by atoms with Crippen molar-refractivity contribution in [1.29, 1.82) is 0 Å². The van der Waals surface area contributed by atoms with Crippen LogP contribution in [-0.4, -0.2) is 47.8 Å². The molecule has 0 bridgehead atoms. The maximum atomic E-state index is 11.5. The molecule has 11 heteroatoms. The van der Waals surface area contributed by atoms with Crippen molar-refractivity contribution < 1.29 is 32.8 Å². The lowest BCUT2D eigenvalue weighted by atomic mass is 10.3. The van der Waals surface area contributed by atoms with E-state index in [4.69, 9.17) is 15.4 Å². The smallest absolute Gasteiger partial charge is 0.322 e. The van der Waals surface area contributed by atoms with Crippen LogP contribution in [0.3, 0.4) is 0 Å². The van der Waals surface area contributed by atoms with Gasteiger partial charge in [0.2, 0.25) is 0 Å². The summed E-state index contributed by atoms with van der Waals surface area (Å²) in [6.07, 6.45) is 0. The Balaban J connectivity index is 2.80. The van der Waals surface area contributed by atoms with Gasteiger partial charge in [-0.2, -0.15) is 8.42 Å². The molecule has 0 saturated carbocycles. The topological polar surface area (TPSA) is 179 Å². The zero-order chi connectivity index (χ0) is 16.2. The van der Waals surface area contributed by atoms with Gasteiger partial charge in [-0.25, -0.2) is 4.79 Å². The Labute approximate surface area is 119 Å². The highest BCUT2D eigenvalue weighted by Gasteiger charge is 2.19. The molecule has 2 amide bonds. The van der Waals surface area contributed by atoms with Crippen molar-refractivity contribution in [2.45, 2.75) is 10.9 Å². The molecule has 116 valence electrons. The summed E-state index contributed by atoms with van der Waals surface area (Å²) in [5.41, 5.74) is 4.88. The van der Waals surface area contributed by atoms with Gasteiger partial charge in [-0.3, -0.25) is 9.35 Å². The van der Waals surface area contributed by atoms with Crippen LogP contribution >= 0.6 is 0 Å². The van der Waals surface area contributed by atoms with E-state index in [0.29, 0.717) is 0 Å². The highest BCUT2D eigenvalue weighted by atomic mass is 32.2. The van der Waals surface area contributed by atoms with E-state index in [9.17, 15) is 23.1 Å². The number of phenols is 1. The van der Waals surface area contributed by atoms with Crippen molar-refractivity contribution in [1.82, 2.24) is 5.32 Å². The summed E-state index contributed by atoms with van der Waals surface area (Å²) in [7, 11) is -4.65. The first-order chi connectivity index (χ1) is 9.62. The lowest BCUT2D eigenvalue weighted by molar-refractivity contribution is -0.138. The molecule has 1 rings (SSSR count). The zero-order valence-corrected chi connectivity index (χ0v) is 11.3. The summed E-state index contributed by atoms with van der Waals surface area (Å²) >= 11 is 0. The van der Waals surface area contributed by atoms with Crippen molar-refractivity contribution in [3.8, 4) is 5.75 Å². The predicted molar refractivity (Wildman–Crippen MR) is 70.6 cm³/mol. The number of hydrogen-bond donors (Lipinski definition) is 6. The number of amides is 2. The van der Waals surface area contributed by atoms with Gasteiger partial charge in [0.25, 0.3) is 10.1 Å². The van der Waals surface area contributed by atoms with E-state index in [-0.39, 0.29) is 12.2 Å². The van der Waals surface area contributed by atoms with Crippen molar-refractivity contribution in [2.24, 2.45) is 5.73 Å². The van der Waals surface area contributed by atoms with Crippen molar-refractivity contribution >= 4 is 27.8 Å². The Morgan fingerprint density at radius 3 is 2.48 bits per heavy atom. The van der Waals surface area contributed by atoms with E-state index >= 15 is 0 Å². The average Bonchev–Trinajstić information content (AvgIpc) is 2.36. The first-order valence-corrected chi connectivity index (χ1v) is 6.89. The monoisotopic (exact) mass is 319 g/mol. The molecule has 0 unspecified atom stereocenters. The summed E-state index contributed by atoms with van der Waals surface area (Å²) in [6, 6.07) is 1.08. The number of anilines is 1. The Morgan fingerprint density at radius 2 is 1.95 bits per heavy atom. The minimum absolute atomic E-state index is 0.286. The summed E-state index contributed by atoms with van der Waals surface area (Å²) < 4.78 is 30.8. The van der Waals surface area contributed by atoms with Crippen LogP contribution < -0.4 is 16.4 Å². The van der Waals surface area contributed by atoms with Crippen LogP contribution in [0.15, 0.2) is 23.1 Å². The average molecular weight is 319 g/mol. The van der Waals surface area contributed by atoms with Gasteiger partial charge in [0.05, 0.1) is 5.69 Å². The van der Waals surface area contributed by atoms with Crippen LogP contribution in [0.4, 0.5) is 10.5 Å². The number of carboxylic acids is 1. The molecule has 10 nitrogen and oxygen atoms in total. The van der Waals surface area contributed by atoms with Crippen molar-refractivity contribution in [3.63, 3.8) is 0 Å². The summed E-state index contributed by atoms with van der Waals surface area (Å²) in [6.45, 7) is -0.375. The quantitative estimate of drug-likeness (QED) is 0.300. The molecule has 0 spiro atoms. The highest BCUT2D eigenvalue weighted by molar-refractivity contribution is 7.86. The molecule has 0 radical (unpaired) electrons. The first kappa shape index (κ1) is 16.7. The number of carbonyl (C=O) groups is 2. The standard InChI is InChI=1S/C10H13N3O7S/c11-5(9(15)16)4-12-10(17)13-6-2-1-3-7(8(6)14)21(18,19)20/h1-3,5,14H,4,11H2,(H,15,16)(H2,12,13,17)(H,18,19,20)/t5-/m1/s1. The number of benzene rings is 1. The number of aromatic hydroxyl groups is 1. The molecule has 0 fully saturated rings. The second-order valence-corrected chi connectivity index (χ2v) is 5.30. The molecule has 7 N–H and O–H groups in total. The fourth-order valence-corrected chi connectivity index (χ4v) is 1.89. The van der Waals surface area contributed by atoms with Gasteiger partial charge in [0.1, 0.15) is 10.9 Å². The van der Waals surface area contributed by atoms with E-state index < -0.39 is 38.8 Å². The molecule has 0 aromatic heterocycles. The molecule has 1 atom stereocenters. The number of para-hydroxylation sites is 1. The normalized spacial score (nSPS) is 12.5. The van der Waals surface area contributed by atoms with Crippen molar-refractivity contribution in [2.75, 3.05) is 11.9 Å². The molecule has 0 aliphatic rings. The third kappa shape index (κ3) is 4.59. The Morgan fingerprint density at radius 1 is 1.33 bits per heavy atom. The fraction of sp³-hybridized carbons (Fsp3) is 0.200. The SMILES string of the molecule is N[C@H](CNC(=O)Nc1cccc(S(=O)(=O)O)c1O)C(=O)O. The molecule has 1 aromatic carbocycles. The van der Waals surface area contributed by atoms with E-state index in [1.165, 1.54) is 12.1 Å². The molecular formula is C10H13N3O7S. The van der Waals surface area contributed by atoms with Gasteiger partial charge in [-0.15, -0.1) is 0 Å². The maximum absolute atomic E-state index is 11.5. The third-order valence-electron chi connectivity index (χ3n) is 2.32. The van der Waals surface area contributed by atoms with Gasteiger partial charge in [0.15, 0.2) is 5.75 Å². The summed E-state index contributed by atoms with van der Waals surface area (Å²) in [4.78, 5) is 21.1. The maximum Gasteiger partial charge on any atom is 0.322 e. The number of nitrogens with one attached hydrogen (secondary N) is 2. The lowest BCUT2D eigenvalue weighted by Gasteiger charge is -2.12. The highest BCUT2D eigenvalue weighted by Crippen LogP contribution is 2.30. The fourth-order valence-electron chi connectivity index (χ4n) is 1.29. The number of carbonyl (C=O) groups excluding carboxylic acids is 1. The molecule has 1 aromatic rings. The molecule has 0 saturated heterocycles. The number of aliphatic carboxylic acids is 1. The Kier molecular flexibility index (Phi) is 5.07. The van der Waals surface area contributed by atoms with Gasteiger partial charge in [0, 0.05) is 6.54 Å². The number of nitrogens with two attached hydrogens (primary N) is 1. The Bertz CT molecular complexity index is 659. The van der Waals surface area contributed by atoms with Crippen LogP contribution in [0.25, 0.3) is 0 Å². The number of carboxylic acid groups (broad SMARTS) is 1. The van der Waals surface area contributed by atoms with Gasteiger partial charge in [-0.05, 0) is 12.1 Å². The third-order valence-corrected chi connectivity index (χ3v) is 3.21. The first-order valence-electron chi connectivity index (χ1n) is 5.45. The van der Waals surface area contributed by atoms with Gasteiger partial charge < -0.3 is 26.6 Å². The Hall–Kier alpha value is -2.37. The van der Waals surface area contributed by atoms with E-state index in [2.05, 4.69) is 10.6 Å². The molecule has 21 heavy (non-hydrogen) atoms. The summed E-state index contributed by atoms with van der Waals surface area (Å²) in [5.74, 6) is -2.16. The number of urea groups is 1. The van der Waals surface area contributed by atoms with Gasteiger partial charge >= 0.3 is 12.0 Å². The number of phenolic OH excluding ortho intramolecular Hbond substituents is 1. The van der Waals surface area contributed by atoms with Crippen molar-refractivity contribution in [3.05, 3.63) is 18.2 Å². The van der Waals surface area contributed by atoms with Crippen LogP contribution in [0.2, 0.25) is 0 Å². The number of rotatable bonds is 5. The van der Waals surface area contributed by atoms with Crippen LogP contribution in [-0.2, 0) is 14.9 Å². The minimum atomic E-state index is -4.65. The molecule has 0 heterocycles. The molecular weight excluding hydrogens is 306 g/mol. The molecule has 0 aliphatic carbocycles. The zero-order valence-electron chi connectivity index (χ0n) is 10.5. The molecule has 0 aliphatic heterocycles. The van der Waals surface area contributed by atoms with Gasteiger partial charge in [-0.1, -0.05) is 6.07 Å².